The fourth-order valence-electron chi connectivity index (χ4n) is 4.18. The van der Waals surface area contributed by atoms with Crippen LogP contribution in [0.25, 0.3) is 28.2 Å². The third-order valence-corrected chi connectivity index (χ3v) is 5.67. The number of anilines is 1. The zero-order chi connectivity index (χ0) is 23.1. The zero-order valence-corrected chi connectivity index (χ0v) is 17.6. The number of nitro benzene ring substituents is 1. The van der Waals surface area contributed by atoms with Crippen LogP contribution in [-0.2, 0) is 4.79 Å². The second-order valence-corrected chi connectivity index (χ2v) is 7.50. The van der Waals surface area contributed by atoms with Crippen molar-refractivity contribution in [2.45, 2.75) is 6.92 Å². The van der Waals surface area contributed by atoms with E-state index in [2.05, 4.69) is 4.98 Å². The molecule has 0 atom stereocenters. The Bertz CT molecular complexity index is 1540. The predicted molar refractivity (Wildman–Crippen MR) is 126 cm³/mol. The van der Waals surface area contributed by atoms with Gasteiger partial charge in [0.15, 0.2) is 0 Å². The third-order valence-electron chi connectivity index (χ3n) is 5.67. The number of likely N-dealkylation sites (N-methyl/N-ethyl adjacent to an activating group) is 1. The van der Waals surface area contributed by atoms with Crippen LogP contribution in [-0.4, -0.2) is 26.9 Å². The third kappa shape index (κ3) is 3.20. The van der Waals surface area contributed by atoms with Crippen LogP contribution in [0.2, 0.25) is 0 Å². The van der Waals surface area contributed by atoms with Crippen molar-refractivity contribution in [3.63, 3.8) is 0 Å². The molecule has 0 spiro atoms. The lowest BCUT2D eigenvalue weighted by Gasteiger charge is -2.14. The topological polar surface area (TPSA) is 98.3 Å². The van der Waals surface area contributed by atoms with E-state index in [1.54, 1.807) is 41.3 Å². The van der Waals surface area contributed by atoms with E-state index in [9.17, 15) is 19.7 Å². The molecule has 0 unspecified atom stereocenters. The van der Waals surface area contributed by atoms with Gasteiger partial charge in [0.05, 0.1) is 27.1 Å². The summed E-state index contributed by atoms with van der Waals surface area (Å²) in [6.07, 6.45) is 1.54. The number of amides is 1. The minimum Gasteiger partial charge on any atom is -0.308 e. The quantitative estimate of drug-likeness (QED) is 0.270. The Morgan fingerprint density at radius 2 is 1.61 bits per heavy atom. The average Bonchev–Trinajstić information content (AvgIpc) is 3.10. The van der Waals surface area contributed by atoms with Crippen molar-refractivity contribution < 1.29 is 9.72 Å². The first kappa shape index (κ1) is 20.3. The summed E-state index contributed by atoms with van der Waals surface area (Å²) in [5, 5.41) is 12.0. The van der Waals surface area contributed by atoms with Gasteiger partial charge >= 0.3 is 0 Å². The molecule has 5 rings (SSSR count). The Morgan fingerprint density at radius 3 is 2.36 bits per heavy atom. The number of fused-ring (bicyclic) bond motifs is 2. The molecular weight excluding hydrogens is 420 g/mol. The predicted octanol–water partition coefficient (Wildman–Crippen LogP) is 4.20. The number of nitrogens with zero attached hydrogens (tertiary/aromatic N) is 4. The zero-order valence-electron chi connectivity index (χ0n) is 17.6. The largest absolute Gasteiger partial charge is 0.308 e. The van der Waals surface area contributed by atoms with Crippen molar-refractivity contribution in [2.24, 2.45) is 0 Å². The van der Waals surface area contributed by atoms with Crippen molar-refractivity contribution in [3.8, 4) is 5.69 Å². The van der Waals surface area contributed by atoms with Gasteiger partial charge in [-0.25, -0.2) is 4.98 Å². The summed E-state index contributed by atoms with van der Waals surface area (Å²) in [7, 11) is 0. The molecular formula is C25H18N4O4. The molecule has 0 N–H and O–H groups in total. The lowest BCUT2D eigenvalue weighted by molar-refractivity contribution is -0.384. The van der Waals surface area contributed by atoms with Crippen LogP contribution in [0.3, 0.4) is 0 Å². The molecule has 8 nitrogen and oxygen atoms in total. The highest BCUT2D eigenvalue weighted by molar-refractivity contribution is 6.35. The summed E-state index contributed by atoms with van der Waals surface area (Å²) >= 11 is 0. The van der Waals surface area contributed by atoms with Gasteiger partial charge in [-0.1, -0.05) is 42.5 Å². The number of hydrogen-bond donors (Lipinski definition) is 0. The van der Waals surface area contributed by atoms with E-state index in [0.717, 1.165) is 11.3 Å². The van der Waals surface area contributed by atoms with Crippen molar-refractivity contribution in [2.75, 3.05) is 11.4 Å². The van der Waals surface area contributed by atoms with Crippen molar-refractivity contribution >= 4 is 39.8 Å². The van der Waals surface area contributed by atoms with E-state index >= 15 is 0 Å². The lowest BCUT2D eigenvalue weighted by atomic mass is 10.1. The maximum atomic E-state index is 13.5. The van der Waals surface area contributed by atoms with E-state index in [4.69, 9.17) is 0 Å². The number of carbonyl (C=O) groups excluding carboxylic acids is 1. The summed E-state index contributed by atoms with van der Waals surface area (Å²) < 4.78 is 1.21. The number of carbonyl (C=O) groups is 1. The Balaban J connectivity index is 1.85. The van der Waals surface area contributed by atoms with Gasteiger partial charge in [-0.15, -0.1) is 0 Å². The van der Waals surface area contributed by atoms with Gasteiger partial charge in [0.2, 0.25) is 0 Å². The van der Waals surface area contributed by atoms with Gasteiger partial charge in [-0.3, -0.25) is 24.3 Å². The van der Waals surface area contributed by atoms with Crippen LogP contribution in [0.15, 0.2) is 77.6 Å². The smallest absolute Gasteiger partial charge is 0.293 e. The molecule has 4 aromatic rings. The minimum atomic E-state index is -0.539. The van der Waals surface area contributed by atoms with Gasteiger partial charge in [0.25, 0.3) is 17.2 Å². The van der Waals surface area contributed by atoms with Crippen molar-refractivity contribution in [1.29, 1.82) is 0 Å². The van der Waals surface area contributed by atoms with Gasteiger partial charge in [0, 0.05) is 18.2 Å². The van der Waals surface area contributed by atoms with E-state index in [1.165, 1.54) is 22.8 Å². The molecule has 0 saturated heterocycles. The molecule has 0 aliphatic carbocycles. The Hall–Kier alpha value is -4.59. The number of benzene rings is 3. The SMILES string of the molecule is CCN1C(=O)C(=Cc2nc3ccccc3c(=O)n2-c2ccccc2[N+](=O)[O-])c2ccccc21. The average molecular weight is 438 g/mol. The standard InChI is InChI=1S/C25H18N4O4/c1-2-27-20-12-6-4-9-16(20)18(24(27)30)15-23-26-19-11-5-3-10-17(19)25(31)28(23)21-13-7-8-14-22(21)29(32)33/h3-15H,2H2,1H3. The highest BCUT2D eigenvalue weighted by atomic mass is 16.6. The molecule has 1 amide bonds. The highest BCUT2D eigenvalue weighted by Crippen LogP contribution is 2.37. The van der Waals surface area contributed by atoms with Crippen LogP contribution < -0.4 is 10.5 Å². The Morgan fingerprint density at radius 1 is 0.939 bits per heavy atom. The van der Waals surface area contributed by atoms with E-state index in [0.29, 0.717) is 23.0 Å². The molecule has 33 heavy (non-hydrogen) atoms. The molecule has 162 valence electrons. The molecule has 0 fully saturated rings. The summed E-state index contributed by atoms with van der Waals surface area (Å²) in [4.78, 5) is 44.2. The number of para-hydroxylation sites is 4. The minimum absolute atomic E-state index is 0.0867. The molecule has 0 bridgehead atoms. The molecule has 0 saturated carbocycles. The fraction of sp³-hybridized carbons (Fsp3) is 0.0800. The van der Waals surface area contributed by atoms with Gasteiger partial charge in [-0.2, -0.15) is 0 Å². The summed E-state index contributed by atoms with van der Waals surface area (Å²) in [5.41, 5.74) is 1.72. The van der Waals surface area contributed by atoms with Crippen LogP contribution in [0, 0.1) is 10.1 Å². The van der Waals surface area contributed by atoms with Gasteiger partial charge in [-0.05, 0) is 37.3 Å². The van der Waals surface area contributed by atoms with E-state index in [-0.39, 0.29) is 23.1 Å². The molecule has 1 aliphatic heterocycles. The normalized spacial score (nSPS) is 14.2. The second-order valence-electron chi connectivity index (χ2n) is 7.50. The van der Waals surface area contributed by atoms with Crippen molar-refractivity contribution in [1.82, 2.24) is 9.55 Å². The fourth-order valence-corrected chi connectivity index (χ4v) is 4.18. The summed E-state index contributed by atoms with van der Waals surface area (Å²) in [5.74, 6) is -0.0701. The number of aromatic nitrogens is 2. The molecule has 1 aromatic heterocycles. The second kappa shape index (κ2) is 7.83. The first-order valence-corrected chi connectivity index (χ1v) is 10.4. The maximum absolute atomic E-state index is 13.5. The maximum Gasteiger partial charge on any atom is 0.293 e. The monoisotopic (exact) mass is 438 g/mol. The number of rotatable bonds is 4. The molecule has 3 aromatic carbocycles. The van der Waals surface area contributed by atoms with E-state index in [1.807, 2.05) is 31.2 Å². The number of nitro groups is 1. The lowest BCUT2D eigenvalue weighted by Crippen LogP contribution is -2.26. The summed E-state index contributed by atoms with van der Waals surface area (Å²) in [6.45, 7) is 2.37. The van der Waals surface area contributed by atoms with Crippen LogP contribution in [0.5, 0.6) is 0 Å². The van der Waals surface area contributed by atoms with Crippen LogP contribution in [0.1, 0.15) is 18.3 Å². The van der Waals surface area contributed by atoms with Crippen LogP contribution >= 0.6 is 0 Å². The first-order valence-electron chi connectivity index (χ1n) is 10.4. The first-order chi connectivity index (χ1) is 16.0. The van der Waals surface area contributed by atoms with Crippen LogP contribution in [0.4, 0.5) is 11.4 Å². The molecule has 1 aliphatic rings. The Kier molecular flexibility index (Phi) is 4.82. The molecule has 0 radical (unpaired) electrons. The van der Waals surface area contributed by atoms with E-state index < -0.39 is 10.5 Å². The van der Waals surface area contributed by atoms with Crippen molar-refractivity contribution in [3.05, 3.63) is 105 Å². The highest BCUT2D eigenvalue weighted by Gasteiger charge is 2.31. The van der Waals surface area contributed by atoms with Gasteiger partial charge in [0.1, 0.15) is 11.5 Å². The van der Waals surface area contributed by atoms with Gasteiger partial charge < -0.3 is 4.90 Å². The summed E-state index contributed by atoms with van der Waals surface area (Å²) in [6, 6.07) is 20.2. The molecule has 8 heteroatoms. The molecule has 2 heterocycles. The number of hydrogen-bond acceptors (Lipinski definition) is 5. The Labute approximate surface area is 188 Å².